The van der Waals surface area contributed by atoms with E-state index in [0.717, 1.165) is 4.68 Å². The summed E-state index contributed by atoms with van der Waals surface area (Å²) in [6.45, 7) is 5.46. The van der Waals surface area contributed by atoms with Crippen molar-refractivity contribution in [1.29, 1.82) is 0 Å². The van der Waals surface area contributed by atoms with Gasteiger partial charge in [-0.1, -0.05) is 49.2 Å². The molecule has 0 aliphatic rings. The van der Waals surface area contributed by atoms with E-state index < -0.39 is 11.2 Å². The van der Waals surface area contributed by atoms with Crippen molar-refractivity contribution in [2.75, 3.05) is 0 Å². The van der Waals surface area contributed by atoms with E-state index in [2.05, 4.69) is 20.3 Å². The Morgan fingerprint density at radius 3 is 2.23 bits per heavy atom. The molecule has 11 heteroatoms. The molecule has 0 saturated heterocycles. The van der Waals surface area contributed by atoms with Crippen molar-refractivity contribution in [3.8, 4) is 17.3 Å². The topological polar surface area (TPSA) is 123 Å². The van der Waals surface area contributed by atoms with E-state index in [1.54, 1.807) is 24.3 Å². The summed E-state index contributed by atoms with van der Waals surface area (Å²) in [5.41, 5.74) is -1.36. The van der Waals surface area contributed by atoms with Crippen LogP contribution in [-0.2, 0) is 0 Å². The molecule has 2 aromatic heterocycles. The highest BCUT2D eigenvalue weighted by Gasteiger charge is 2.16. The Morgan fingerprint density at radius 1 is 0.968 bits per heavy atom. The van der Waals surface area contributed by atoms with Gasteiger partial charge in [0.05, 0.1) is 26.5 Å². The summed E-state index contributed by atoms with van der Waals surface area (Å²) < 4.78 is 6.73. The Bertz CT molecular complexity index is 1420. The lowest BCUT2D eigenvalue weighted by atomic mass is 10.2. The van der Waals surface area contributed by atoms with E-state index in [-0.39, 0.29) is 38.6 Å². The van der Waals surface area contributed by atoms with Gasteiger partial charge in [-0.15, -0.1) is 5.10 Å². The molecule has 0 unspecified atom stereocenters. The van der Waals surface area contributed by atoms with Crippen LogP contribution in [0.5, 0.6) is 11.6 Å². The Morgan fingerprint density at radius 2 is 1.58 bits per heavy atom. The Balaban J connectivity index is 0.00000132. The van der Waals surface area contributed by atoms with E-state index in [0.29, 0.717) is 10.8 Å². The first kappa shape index (κ1) is 22.3. The van der Waals surface area contributed by atoms with Crippen LogP contribution in [0.1, 0.15) is 19.5 Å². The number of fused-ring (bicyclic) bond motifs is 1. The second kappa shape index (κ2) is 9.15. The largest absolute Gasteiger partial charge is 0.434 e. The molecule has 2 aromatic carbocycles. The number of hydrogen-bond acceptors (Lipinski definition) is 6. The molecule has 0 aliphatic heterocycles. The third-order valence-corrected chi connectivity index (χ3v) is 4.64. The molecule has 0 fully saturated rings. The van der Waals surface area contributed by atoms with Gasteiger partial charge in [0.1, 0.15) is 5.69 Å². The molecular formula is C20H17Cl2N5O4. The van der Waals surface area contributed by atoms with Crippen LogP contribution in [0.2, 0.25) is 10.0 Å². The van der Waals surface area contributed by atoms with Gasteiger partial charge in [-0.05, 0) is 31.2 Å². The van der Waals surface area contributed by atoms with Crippen LogP contribution in [0, 0.1) is 6.92 Å². The Hall–Kier alpha value is -3.43. The summed E-state index contributed by atoms with van der Waals surface area (Å²) >= 11 is 12.6. The summed E-state index contributed by atoms with van der Waals surface area (Å²) in [6, 6.07) is 9.57. The predicted molar refractivity (Wildman–Crippen MR) is 119 cm³/mol. The van der Waals surface area contributed by atoms with Crippen molar-refractivity contribution in [2.45, 2.75) is 20.8 Å². The van der Waals surface area contributed by atoms with Gasteiger partial charge in [0, 0.05) is 0 Å². The number of aryl methyl sites for hydroxylation is 1. The zero-order valence-corrected chi connectivity index (χ0v) is 18.2. The maximum absolute atomic E-state index is 12.1. The first-order valence-electron chi connectivity index (χ1n) is 9.20. The lowest BCUT2D eigenvalue weighted by molar-refractivity contribution is 0.461. The summed E-state index contributed by atoms with van der Waals surface area (Å²) in [5, 5.41) is 11.2. The SMILES string of the molecule is CC.Cc1nn(-c2cc(Cl)c(Oc3n[nH]c(=O)c4ccccc34)c(Cl)c2)c(=O)[nH]c1=O. The molecule has 0 bridgehead atoms. The van der Waals surface area contributed by atoms with Crippen LogP contribution >= 0.6 is 23.2 Å². The molecule has 4 rings (SSSR count). The Labute approximate surface area is 185 Å². The van der Waals surface area contributed by atoms with Crippen molar-refractivity contribution >= 4 is 34.0 Å². The molecular weight excluding hydrogens is 445 g/mol. The van der Waals surface area contributed by atoms with Gasteiger partial charge in [0.2, 0.25) is 5.88 Å². The molecule has 0 radical (unpaired) electrons. The van der Waals surface area contributed by atoms with Crippen molar-refractivity contribution in [2.24, 2.45) is 0 Å². The van der Waals surface area contributed by atoms with Crippen LogP contribution in [-0.4, -0.2) is 25.0 Å². The standard InChI is InChI=1S/C18H11Cl2N5O4.C2H6/c1-8-15(26)21-18(28)25(24-8)9-6-12(19)14(13(20)7-9)29-17-11-5-3-2-4-10(11)16(27)22-23-17;1-2/h2-7H,1H3,(H,22,27)(H,21,26,28);1-2H3. The molecule has 0 aliphatic carbocycles. The van der Waals surface area contributed by atoms with E-state index in [9.17, 15) is 14.4 Å². The minimum absolute atomic E-state index is 0.0714. The molecule has 0 amide bonds. The van der Waals surface area contributed by atoms with E-state index in [4.69, 9.17) is 27.9 Å². The molecule has 0 spiro atoms. The molecule has 4 aromatic rings. The molecule has 0 atom stereocenters. The average Bonchev–Trinajstić information content (AvgIpc) is 2.76. The van der Waals surface area contributed by atoms with Crippen molar-refractivity contribution < 1.29 is 4.74 Å². The number of aromatic nitrogens is 5. The fraction of sp³-hybridized carbons (Fsp3) is 0.150. The number of benzene rings is 2. The van der Waals surface area contributed by atoms with Gasteiger partial charge in [-0.3, -0.25) is 14.6 Å². The minimum Gasteiger partial charge on any atom is -0.434 e. The maximum Gasteiger partial charge on any atom is 0.349 e. The summed E-state index contributed by atoms with van der Waals surface area (Å²) in [5.74, 6) is 0.183. The molecule has 160 valence electrons. The van der Waals surface area contributed by atoms with E-state index >= 15 is 0 Å². The zero-order valence-electron chi connectivity index (χ0n) is 16.7. The smallest absolute Gasteiger partial charge is 0.349 e. The van der Waals surface area contributed by atoms with Crippen LogP contribution in [0.3, 0.4) is 0 Å². The van der Waals surface area contributed by atoms with E-state index in [1.807, 2.05) is 13.8 Å². The number of aromatic amines is 2. The molecule has 31 heavy (non-hydrogen) atoms. The fourth-order valence-electron chi connectivity index (χ4n) is 2.69. The lowest BCUT2D eigenvalue weighted by Gasteiger charge is -2.12. The maximum atomic E-state index is 12.1. The highest BCUT2D eigenvalue weighted by Crippen LogP contribution is 2.38. The molecule has 0 saturated carbocycles. The van der Waals surface area contributed by atoms with Gasteiger partial charge in [0.15, 0.2) is 5.75 Å². The second-order valence-electron chi connectivity index (χ2n) is 6.00. The molecule has 9 nitrogen and oxygen atoms in total. The third kappa shape index (κ3) is 4.37. The number of ether oxygens (including phenoxy) is 1. The third-order valence-electron chi connectivity index (χ3n) is 4.08. The van der Waals surface area contributed by atoms with Crippen LogP contribution in [0.15, 0.2) is 50.8 Å². The number of nitrogens with zero attached hydrogens (tertiary/aromatic N) is 3. The number of rotatable bonds is 3. The van der Waals surface area contributed by atoms with Gasteiger partial charge in [-0.2, -0.15) is 9.78 Å². The van der Waals surface area contributed by atoms with Crippen LogP contribution < -0.4 is 21.5 Å². The van der Waals surface area contributed by atoms with Crippen molar-refractivity contribution in [3.05, 3.63) is 83.3 Å². The second-order valence-corrected chi connectivity index (χ2v) is 6.81. The summed E-state index contributed by atoms with van der Waals surface area (Å²) in [4.78, 5) is 37.6. The first-order chi connectivity index (χ1) is 14.8. The van der Waals surface area contributed by atoms with Crippen LogP contribution in [0.25, 0.3) is 16.5 Å². The first-order valence-corrected chi connectivity index (χ1v) is 9.95. The minimum atomic E-state index is -0.741. The number of hydrogen-bond donors (Lipinski definition) is 2. The number of halogens is 2. The van der Waals surface area contributed by atoms with E-state index in [1.165, 1.54) is 19.1 Å². The fourth-order valence-corrected chi connectivity index (χ4v) is 3.24. The highest BCUT2D eigenvalue weighted by molar-refractivity contribution is 6.37. The van der Waals surface area contributed by atoms with Gasteiger partial charge in [-0.25, -0.2) is 9.89 Å². The summed E-state index contributed by atoms with van der Waals surface area (Å²) in [6.07, 6.45) is 0. The van der Waals surface area contributed by atoms with Crippen LogP contribution in [0.4, 0.5) is 0 Å². The summed E-state index contributed by atoms with van der Waals surface area (Å²) in [7, 11) is 0. The predicted octanol–water partition coefficient (Wildman–Crippen LogP) is 3.59. The number of nitrogens with one attached hydrogen (secondary N) is 2. The van der Waals surface area contributed by atoms with Gasteiger partial charge >= 0.3 is 5.69 Å². The van der Waals surface area contributed by atoms with Gasteiger partial charge < -0.3 is 4.74 Å². The molecule has 2 N–H and O–H groups in total. The monoisotopic (exact) mass is 461 g/mol. The Kier molecular flexibility index (Phi) is 6.57. The highest BCUT2D eigenvalue weighted by atomic mass is 35.5. The van der Waals surface area contributed by atoms with Gasteiger partial charge in [0.25, 0.3) is 11.1 Å². The van der Waals surface area contributed by atoms with Crippen molar-refractivity contribution in [3.63, 3.8) is 0 Å². The molecule has 2 heterocycles. The number of H-pyrrole nitrogens is 2. The zero-order chi connectivity index (χ0) is 22.7. The average molecular weight is 462 g/mol. The van der Waals surface area contributed by atoms with Crippen molar-refractivity contribution in [1.82, 2.24) is 25.0 Å². The lowest BCUT2D eigenvalue weighted by Crippen LogP contribution is -2.32. The quantitative estimate of drug-likeness (QED) is 0.480. The normalized spacial score (nSPS) is 10.5.